The summed E-state index contributed by atoms with van der Waals surface area (Å²) in [6.45, 7) is -1.17. The molecule has 1 aliphatic rings. The minimum Gasteiger partial charge on any atom is -0.322 e. The molecule has 1 rings (SSSR count). The summed E-state index contributed by atoms with van der Waals surface area (Å²) in [6.07, 6.45) is -1.66. The molecule has 0 bridgehead atoms. The third-order valence-electron chi connectivity index (χ3n) is 1.45. The molecule has 1 saturated carbocycles. The van der Waals surface area contributed by atoms with Crippen molar-refractivity contribution in [1.82, 2.24) is 4.90 Å². The van der Waals surface area contributed by atoms with Gasteiger partial charge in [-0.3, -0.25) is 4.79 Å². The minimum atomic E-state index is -4.29. The molecule has 0 aliphatic heterocycles. The fourth-order valence-corrected chi connectivity index (χ4v) is 0.815. The molecule has 1 radical (unpaired) electrons. The number of rotatable bonds is 3. The molecular weight excluding hydrogens is 159 g/mol. The van der Waals surface area contributed by atoms with Crippen molar-refractivity contribution in [3.05, 3.63) is 0 Å². The molecule has 5 heteroatoms. The van der Waals surface area contributed by atoms with E-state index in [1.54, 1.807) is 0 Å². The Bertz CT molecular complexity index is 152. The lowest BCUT2D eigenvalue weighted by atomic mass is 10.5. The lowest BCUT2D eigenvalue weighted by Crippen LogP contribution is -2.34. The van der Waals surface area contributed by atoms with Gasteiger partial charge in [0.15, 0.2) is 0 Å². The summed E-state index contributed by atoms with van der Waals surface area (Å²) >= 11 is 0. The highest BCUT2D eigenvalue weighted by atomic mass is 19.4. The van der Waals surface area contributed by atoms with Gasteiger partial charge in [-0.15, -0.1) is 0 Å². The minimum absolute atomic E-state index is 0.214. The van der Waals surface area contributed by atoms with Crippen molar-refractivity contribution in [1.29, 1.82) is 0 Å². The molecule has 0 aromatic heterocycles. The molecule has 1 amide bonds. The van der Waals surface area contributed by atoms with Crippen LogP contribution in [0.15, 0.2) is 0 Å². The van der Waals surface area contributed by atoms with Gasteiger partial charge in [0.05, 0.1) is 0 Å². The van der Waals surface area contributed by atoms with E-state index in [1.807, 2.05) is 0 Å². The highest BCUT2D eigenvalue weighted by Crippen LogP contribution is 2.28. The highest BCUT2D eigenvalue weighted by Gasteiger charge is 2.37. The summed E-state index contributed by atoms with van der Waals surface area (Å²) in [5.74, 6) is 0. The predicted octanol–water partition coefficient (Wildman–Crippen LogP) is 1.08. The monoisotopic (exact) mass is 166 g/mol. The number of halogens is 3. The lowest BCUT2D eigenvalue weighted by Gasteiger charge is -2.16. The number of hydrogen-bond donors (Lipinski definition) is 0. The van der Waals surface area contributed by atoms with E-state index < -0.39 is 12.7 Å². The van der Waals surface area contributed by atoms with Gasteiger partial charge in [0, 0.05) is 6.04 Å². The second-order valence-corrected chi connectivity index (χ2v) is 2.57. The quantitative estimate of drug-likeness (QED) is 0.574. The summed E-state index contributed by atoms with van der Waals surface area (Å²) in [7, 11) is 0. The van der Waals surface area contributed by atoms with Crippen molar-refractivity contribution in [3.63, 3.8) is 0 Å². The molecule has 0 aromatic rings. The second kappa shape index (κ2) is 2.71. The summed E-state index contributed by atoms with van der Waals surface area (Å²) in [6, 6.07) is -0.214. The molecule has 0 atom stereocenters. The maximum Gasteiger partial charge on any atom is 0.406 e. The van der Waals surface area contributed by atoms with Crippen LogP contribution in [0.5, 0.6) is 0 Å². The van der Waals surface area contributed by atoms with Crippen molar-refractivity contribution in [2.45, 2.75) is 25.1 Å². The standard InChI is InChI=1S/C6H7F3NO/c7-6(8,9)3-10(4-11)5-1-2-5/h5H,1-3H2. The van der Waals surface area contributed by atoms with Crippen LogP contribution in [0.3, 0.4) is 0 Å². The zero-order chi connectivity index (χ0) is 8.48. The zero-order valence-electron chi connectivity index (χ0n) is 5.69. The molecule has 1 fully saturated rings. The third-order valence-corrected chi connectivity index (χ3v) is 1.45. The van der Waals surface area contributed by atoms with Crippen molar-refractivity contribution < 1.29 is 18.0 Å². The molecule has 1 aliphatic carbocycles. The van der Waals surface area contributed by atoms with Crippen LogP contribution in [0.4, 0.5) is 13.2 Å². The Morgan fingerprint density at radius 3 is 2.27 bits per heavy atom. The first-order chi connectivity index (χ1) is 5.03. The van der Waals surface area contributed by atoms with Crippen LogP contribution in [0, 0.1) is 0 Å². The normalized spacial score (nSPS) is 18.1. The molecule has 0 saturated heterocycles. The number of hydrogen-bond acceptors (Lipinski definition) is 1. The Hall–Kier alpha value is -0.740. The maximum atomic E-state index is 11.7. The number of nitrogens with zero attached hydrogens (tertiary/aromatic N) is 1. The molecule has 0 spiro atoms. The fourth-order valence-electron chi connectivity index (χ4n) is 0.815. The van der Waals surface area contributed by atoms with Crippen molar-refractivity contribution in [2.24, 2.45) is 0 Å². The third kappa shape index (κ3) is 2.78. The van der Waals surface area contributed by atoms with Gasteiger partial charge in [0.2, 0.25) is 0 Å². The van der Waals surface area contributed by atoms with Gasteiger partial charge in [0.25, 0.3) is 0 Å². The van der Waals surface area contributed by atoms with Gasteiger partial charge >= 0.3 is 12.6 Å². The van der Waals surface area contributed by atoms with Crippen molar-refractivity contribution in [2.75, 3.05) is 6.54 Å². The van der Waals surface area contributed by atoms with E-state index in [4.69, 9.17) is 0 Å². The van der Waals surface area contributed by atoms with Crippen LogP contribution in [0.25, 0.3) is 0 Å². The van der Waals surface area contributed by atoms with Gasteiger partial charge < -0.3 is 4.90 Å². The van der Waals surface area contributed by atoms with Crippen LogP contribution in [-0.2, 0) is 4.79 Å². The van der Waals surface area contributed by atoms with Gasteiger partial charge in [-0.25, -0.2) is 0 Å². The number of amides is 1. The van der Waals surface area contributed by atoms with E-state index in [0.29, 0.717) is 17.7 Å². The molecule has 63 valence electrons. The van der Waals surface area contributed by atoms with E-state index in [-0.39, 0.29) is 6.04 Å². The van der Waals surface area contributed by atoms with E-state index in [0.717, 1.165) is 0 Å². The Morgan fingerprint density at radius 2 is 2.00 bits per heavy atom. The van der Waals surface area contributed by atoms with Gasteiger partial charge in [-0.1, -0.05) is 0 Å². The first kappa shape index (κ1) is 8.36. The predicted molar refractivity (Wildman–Crippen MR) is 31.5 cm³/mol. The lowest BCUT2D eigenvalue weighted by molar-refractivity contribution is -0.138. The second-order valence-electron chi connectivity index (χ2n) is 2.57. The van der Waals surface area contributed by atoms with Crippen LogP contribution < -0.4 is 0 Å². The Labute approximate surface area is 62.0 Å². The number of alkyl halides is 3. The van der Waals surface area contributed by atoms with E-state index in [1.165, 1.54) is 6.41 Å². The Kier molecular flexibility index (Phi) is 2.06. The molecule has 0 aromatic carbocycles. The Balaban J connectivity index is 2.37. The van der Waals surface area contributed by atoms with Crippen LogP contribution in [0.2, 0.25) is 0 Å². The van der Waals surface area contributed by atoms with E-state index >= 15 is 0 Å². The molecule has 11 heavy (non-hydrogen) atoms. The first-order valence-corrected chi connectivity index (χ1v) is 3.24. The van der Waals surface area contributed by atoms with Gasteiger partial charge in [-0.05, 0) is 12.8 Å². The molecule has 0 N–H and O–H groups in total. The summed E-state index contributed by atoms with van der Waals surface area (Å²) < 4.78 is 35.0. The fraction of sp³-hybridized carbons (Fsp3) is 0.833. The van der Waals surface area contributed by atoms with Crippen LogP contribution in [-0.4, -0.2) is 30.1 Å². The Morgan fingerprint density at radius 1 is 1.45 bits per heavy atom. The average Bonchev–Trinajstić information content (AvgIpc) is 2.61. The van der Waals surface area contributed by atoms with Gasteiger partial charge in [-0.2, -0.15) is 13.2 Å². The molecule has 2 nitrogen and oxygen atoms in total. The van der Waals surface area contributed by atoms with E-state index in [9.17, 15) is 18.0 Å². The summed E-state index contributed by atoms with van der Waals surface area (Å²) in [5.41, 5.74) is 0. The number of carbonyl (C=O) groups excluding carboxylic acids is 1. The maximum absolute atomic E-state index is 11.7. The SMILES string of the molecule is O=[C]N(CC(F)(F)F)C1CC1. The summed E-state index contributed by atoms with van der Waals surface area (Å²) in [5, 5.41) is 0. The topological polar surface area (TPSA) is 20.3 Å². The van der Waals surface area contributed by atoms with Gasteiger partial charge in [0.1, 0.15) is 6.54 Å². The first-order valence-electron chi connectivity index (χ1n) is 3.24. The summed E-state index contributed by atoms with van der Waals surface area (Å²) in [4.78, 5) is 10.6. The van der Waals surface area contributed by atoms with Crippen LogP contribution >= 0.6 is 0 Å². The largest absolute Gasteiger partial charge is 0.406 e. The van der Waals surface area contributed by atoms with Crippen molar-refractivity contribution in [3.8, 4) is 0 Å². The molecule has 0 heterocycles. The highest BCUT2D eigenvalue weighted by molar-refractivity contribution is 5.49. The van der Waals surface area contributed by atoms with Crippen molar-refractivity contribution >= 4 is 6.41 Å². The smallest absolute Gasteiger partial charge is 0.322 e. The molecular formula is C6H7F3NO. The van der Waals surface area contributed by atoms with Crippen LogP contribution in [0.1, 0.15) is 12.8 Å². The molecule has 0 unspecified atom stereocenters. The van der Waals surface area contributed by atoms with E-state index in [2.05, 4.69) is 0 Å². The average molecular weight is 166 g/mol. The zero-order valence-corrected chi connectivity index (χ0v) is 5.69.